The van der Waals surface area contributed by atoms with E-state index in [2.05, 4.69) is 27.7 Å². The molecule has 0 aliphatic rings. The molecule has 0 saturated carbocycles. The van der Waals surface area contributed by atoms with Gasteiger partial charge in [-0.3, -0.25) is 0 Å². The number of fused-ring (bicyclic) bond motifs is 1. The summed E-state index contributed by atoms with van der Waals surface area (Å²) in [5.41, 5.74) is 0.874. The number of thiol groups is 1. The Kier molecular flexibility index (Phi) is 2.39. The van der Waals surface area contributed by atoms with Gasteiger partial charge >= 0.3 is 0 Å². The highest BCUT2D eigenvalue weighted by Gasteiger charge is 2.06. The molecule has 0 aromatic carbocycles. The second kappa shape index (κ2) is 3.55. The lowest BCUT2D eigenvalue weighted by Gasteiger charge is -1.96. The van der Waals surface area contributed by atoms with Crippen molar-refractivity contribution >= 4 is 18.4 Å². The standard InChI is InChI=1S/C8H10N4OS/c1-5-3-7(14)12-8(9-5)10-6(11-12)4-13-2/h3,14H,4H2,1-2H3. The molecule has 0 aliphatic carbocycles. The van der Waals surface area contributed by atoms with Gasteiger partial charge in [0.2, 0.25) is 0 Å². The molecule has 2 aromatic heterocycles. The molecule has 0 unspecified atom stereocenters. The monoisotopic (exact) mass is 210 g/mol. The van der Waals surface area contributed by atoms with Gasteiger partial charge in [-0.15, -0.1) is 17.7 Å². The number of aromatic nitrogens is 4. The van der Waals surface area contributed by atoms with Gasteiger partial charge in [0.05, 0.1) is 0 Å². The third-order valence-electron chi connectivity index (χ3n) is 1.74. The van der Waals surface area contributed by atoms with Crippen molar-refractivity contribution in [1.29, 1.82) is 0 Å². The molecule has 0 spiro atoms. The number of nitrogens with zero attached hydrogens (tertiary/aromatic N) is 4. The predicted molar refractivity (Wildman–Crippen MR) is 53.5 cm³/mol. The first-order valence-electron chi connectivity index (χ1n) is 4.12. The van der Waals surface area contributed by atoms with Gasteiger partial charge in [-0.05, 0) is 13.0 Å². The minimum absolute atomic E-state index is 0.385. The van der Waals surface area contributed by atoms with Crippen LogP contribution in [0.4, 0.5) is 0 Å². The summed E-state index contributed by atoms with van der Waals surface area (Å²) >= 11 is 4.28. The van der Waals surface area contributed by atoms with Crippen molar-refractivity contribution < 1.29 is 4.74 Å². The van der Waals surface area contributed by atoms with Gasteiger partial charge in [-0.25, -0.2) is 4.98 Å². The Labute approximate surface area is 86.5 Å². The van der Waals surface area contributed by atoms with E-state index < -0.39 is 0 Å². The van der Waals surface area contributed by atoms with Crippen LogP contribution in [0.5, 0.6) is 0 Å². The smallest absolute Gasteiger partial charge is 0.253 e. The summed E-state index contributed by atoms with van der Waals surface area (Å²) < 4.78 is 6.52. The molecule has 0 bridgehead atoms. The zero-order valence-electron chi connectivity index (χ0n) is 7.93. The molecule has 0 aliphatic heterocycles. The Balaban J connectivity index is 2.58. The quantitative estimate of drug-likeness (QED) is 0.590. The van der Waals surface area contributed by atoms with Crippen LogP contribution in [0.1, 0.15) is 11.5 Å². The van der Waals surface area contributed by atoms with E-state index in [9.17, 15) is 0 Å². The molecule has 6 heteroatoms. The van der Waals surface area contributed by atoms with Crippen LogP contribution < -0.4 is 0 Å². The van der Waals surface area contributed by atoms with Crippen LogP contribution in [0.3, 0.4) is 0 Å². The van der Waals surface area contributed by atoms with Crippen molar-refractivity contribution in [3.8, 4) is 0 Å². The summed E-state index contributed by atoms with van der Waals surface area (Å²) in [5, 5.41) is 4.91. The number of hydrogen-bond acceptors (Lipinski definition) is 5. The summed E-state index contributed by atoms with van der Waals surface area (Å²) in [4.78, 5) is 8.42. The van der Waals surface area contributed by atoms with E-state index >= 15 is 0 Å². The van der Waals surface area contributed by atoms with E-state index in [1.54, 1.807) is 11.6 Å². The molecule has 5 nitrogen and oxygen atoms in total. The lowest BCUT2D eigenvalue weighted by molar-refractivity contribution is 0.178. The minimum atomic E-state index is 0.385. The van der Waals surface area contributed by atoms with E-state index in [0.29, 0.717) is 18.2 Å². The van der Waals surface area contributed by atoms with Crippen molar-refractivity contribution in [2.75, 3.05) is 7.11 Å². The van der Waals surface area contributed by atoms with E-state index in [-0.39, 0.29) is 0 Å². The molecule has 0 amide bonds. The summed E-state index contributed by atoms with van der Waals surface area (Å²) in [5.74, 6) is 1.17. The van der Waals surface area contributed by atoms with Crippen LogP contribution >= 0.6 is 12.6 Å². The first kappa shape index (κ1) is 9.42. The summed E-state index contributed by atoms with van der Waals surface area (Å²) in [7, 11) is 1.60. The summed E-state index contributed by atoms with van der Waals surface area (Å²) in [6, 6.07) is 1.83. The van der Waals surface area contributed by atoms with Gasteiger partial charge in [0.1, 0.15) is 11.6 Å². The zero-order chi connectivity index (χ0) is 10.1. The second-order valence-corrected chi connectivity index (χ2v) is 3.39. The highest BCUT2D eigenvalue weighted by Crippen LogP contribution is 2.09. The predicted octanol–water partition coefficient (Wildman–Crippen LogP) is 0.868. The highest BCUT2D eigenvalue weighted by atomic mass is 32.1. The molecule has 14 heavy (non-hydrogen) atoms. The SMILES string of the molecule is COCc1nc2nc(C)cc(S)n2n1. The van der Waals surface area contributed by atoms with E-state index in [1.807, 2.05) is 13.0 Å². The topological polar surface area (TPSA) is 52.3 Å². The van der Waals surface area contributed by atoms with Gasteiger partial charge in [-0.2, -0.15) is 9.50 Å². The number of aryl methyl sites for hydroxylation is 1. The van der Waals surface area contributed by atoms with E-state index in [0.717, 1.165) is 10.7 Å². The Hall–Kier alpha value is -1.14. The Morgan fingerprint density at radius 2 is 2.29 bits per heavy atom. The highest BCUT2D eigenvalue weighted by molar-refractivity contribution is 7.80. The van der Waals surface area contributed by atoms with E-state index in [1.165, 1.54) is 0 Å². The zero-order valence-corrected chi connectivity index (χ0v) is 8.82. The van der Waals surface area contributed by atoms with Crippen LogP contribution in [-0.2, 0) is 11.3 Å². The van der Waals surface area contributed by atoms with Crippen molar-refractivity contribution in [3.05, 3.63) is 17.6 Å². The van der Waals surface area contributed by atoms with Crippen molar-refractivity contribution in [2.24, 2.45) is 0 Å². The molecule has 2 aromatic rings. The normalized spacial score (nSPS) is 11.1. The molecule has 74 valence electrons. The largest absolute Gasteiger partial charge is 0.377 e. The fourth-order valence-electron chi connectivity index (χ4n) is 1.20. The maximum absolute atomic E-state index is 4.94. The second-order valence-electron chi connectivity index (χ2n) is 2.93. The van der Waals surface area contributed by atoms with Crippen molar-refractivity contribution in [2.45, 2.75) is 18.6 Å². The maximum atomic E-state index is 4.94. The molecule has 2 rings (SSSR count). The number of rotatable bonds is 2. The maximum Gasteiger partial charge on any atom is 0.253 e. The summed E-state index contributed by atoms with van der Waals surface area (Å²) in [6.45, 7) is 2.28. The summed E-state index contributed by atoms with van der Waals surface area (Å²) in [6.07, 6.45) is 0. The van der Waals surface area contributed by atoms with Crippen LogP contribution in [0.25, 0.3) is 5.78 Å². The first-order valence-corrected chi connectivity index (χ1v) is 4.56. The van der Waals surface area contributed by atoms with Crippen LogP contribution in [-0.4, -0.2) is 26.7 Å². The third kappa shape index (κ3) is 1.58. The molecule has 0 fully saturated rings. The number of methoxy groups -OCH3 is 1. The lowest BCUT2D eigenvalue weighted by Crippen LogP contribution is -1.95. The fourth-order valence-corrected chi connectivity index (χ4v) is 1.52. The molecule has 0 N–H and O–H groups in total. The van der Waals surface area contributed by atoms with Gasteiger partial charge in [0, 0.05) is 12.8 Å². The average Bonchev–Trinajstić information content (AvgIpc) is 2.48. The van der Waals surface area contributed by atoms with Gasteiger partial charge < -0.3 is 4.74 Å². The van der Waals surface area contributed by atoms with Crippen LogP contribution in [0.2, 0.25) is 0 Å². The average molecular weight is 210 g/mol. The molecule has 0 radical (unpaired) electrons. The molecule has 2 heterocycles. The molecule has 0 saturated heterocycles. The lowest BCUT2D eigenvalue weighted by atomic mass is 10.5. The first-order chi connectivity index (χ1) is 6.70. The van der Waals surface area contributed by atoms with Crippen LogP contribution in [0, 0.1) is 6.92 Å². The van der Waals surface area contributed by atoms with Gasteiger partial charge in [0.15, 0.2) is 5.82 Å². The van der Waals surface area contributed by atoms with Gasteiger partial charge in [-0.1, -0.05) is 0 Å². The Morgan fingerprint density at radius 3 is 3.00 bits per heavy atom. The Bertz CT molecular complexity index is 468. The van der Waals surface area contributed by atoms with E-state index in [4.69, 9.17) is 4.74 Å². The van der Waals surface area contributed by atoms with Crippen molar-refractivity contribution in [3.63, 3.8) is 0 Å². The Morgan fingerprint density at radius 1 is 1.50 bits per heavy atom. The van der Waals surface area contributed by atoms with Crippen molar-refractivity contribution in [1.82, 2.24) is 19.6 Å². The number of hydrogen-bond donors (Lipinski definition) is 1. The van der Waals surface area contributed by atoms with Gasteiger partial charge in [0.25, 0.3) is 5.78 Å². The van der Waals surface area contributed by atoms with Crippen LogP contribution in [0.15, 0.2) is 11.1 Å². The fraction of sp³-hybridized carbons (Fsp3) is 0.375. The molecule has 0 atom stereocenters. The molecular weight excluding hydrogens is 200 g/mol. The minimum Gasteiger partial charge on any atom is -0.377 e. The molecular formula is C8H10N4OS. The third-order valence-corrected chi connectivity index (χ3v) is 2.06. The number of ether oxygens (including phenoxy) is 1.